The van der Waals surface area contributed by atoms with Gasteiger partial charge in [-0.15, -0.1) is 0 Å². The Balaban J connectivity index is 1.61. The molecule has 0 unspecified atom stereocenters. The first-order valence-electron chi connectivity index (χ1n) is 9.85. The molecule has 2 amide bonds. The Morgan fingerprint density at radius 3 is 2.19 bits per heavy atom. The maximum absolute atomic E-state index is 12.6. The van der Waals surface area contributed by atoms with Gasteiger partial charge in [0, 0.05) is 13.0 Å². The van der Waals surface area contributed by atoms with Crippen LogP contribution in [-0.4, -0.2) is 26.0 Å². The summed E-state index contributed by atoms with van der Waals surface area (Å²) in [5.41, 5.74) is 2.75. The van der Waals surface area contributed by atoms with E-state index in [1.165, 1.54) is 12.1 Å². The Morgan fingerprint density at radius 1 is 0.839 bits per heavy atom. The molecule has 31 heavy (non-hydrogen) atoms. The number of carbonyl (C=O) groups excluding carboxylic acids is 2. The van der Waals surface area contributed by atoms with Crippen LogP contribution in [0.15, 0.2) is 83.8 Å². The number of carbonyl (C=O) groups is 2. The Bertz CT molecular complexity index is 1160. The monoisotopic (exact) mass is 436 g/mol. The van der Waals surface area contributed by atoms with Crippen molar-refractivity contribution in [1.29, 1.82) is 0 Å². The highest BCUT2D eigenvalue weighted by Crippen LogP contribution is 2.17. The fourth-order valence-electron chi connectivity index (χ4n) is 2.96. The van der Waals surface area contributed by atoms with Crippen LogP contribution in [0.5, 0.6) is 0 Å². The van der Waals surface area contributed by atoms with Gasteiger partial charge in [-0.2, -0.15) is 0 Å². The van der Waals surface area contributed by atoms with Crippen molar-refractivity contribution in [2.45, 2.75) is 24.8 Å². The number of rotatable bonds is 8. The molecule has 0 spiro atoms. The van der Waals surface area contributed by atoms with E-state index in [2.05, 4.69) is 10.6 Å². The van der Waals surface area contributed by atoms with Gasteiger partial charge < -0.3 is 10.6 Å². The zero-order chi connectivity index (χ0) is 22.3. The van der Waals surface area contributed by atoms with E-state index in [0.717, 1.165) is 11.1 Å². The summed E-state index contributed by atoms with van der Waals surface area (Å²) < 4.78 is 24.7. The molecule has 0 aromatic heterocycles. The number of sulfone groups is 1. The molecule has 0 aliphatic carbocycles. The van der Waals surface area contributed by atoms with E-state index >= 15 is 0 Å². The van der Waals surface area contributed by atoms with Crippen LogP contribution >= 0.6 is 0 Å². The first kappa shape index (κ1) is 22.2. The highest BCUT2D eigenvalue weighted by molar-refractivity contribution is 7.91. The maximum Gasteiger partial charge on any atom is 0.253 e. The molecule has 0 saturated heterocycles. The Morgan fingerprint density at radius 2 is 1.48 bits per heavy atom. The predicted molar refractivity (Wildman–Crippen MR) is 121 cm³/mol. The molecule has 0 aliphatic rings. The van der Waals surface area contributed by atoms with Gasteiger partial charge in [0.1, 0.15) is 0 Å². The SMILES string of the molecule is Cc1ccc(CNC(=O)c2ccccc2NC(=O)CCS(=O)(=O)c2ccccc2)cc1. The molecule has 3 aromatic rings. The zero-order valence-electron chi connectivity index (χ0n) is 17.2. The van der Waals surface area contributed by atoms with Crippen molar-refractivity contribution in [2.24, 2.45) is 0 Å². The zero-order valence-corrected chi connectivity index (χ0v) is 18.0. The van der Waals surface area contributed by atoms with Crippen molar-refractivity contribution >= 4 is 27.3 Å². The number of para-hydroxylation sites is 1. The second kappa shape index (κ2) is 10.0. The second-order valence-electron chi connectivity index (χ2n) is 7.14. The highest BCUT2D eigenvalue weighted by Gasteiger charge is 2.18. The van der Waals surface area contributed by atoms with E-state index in [4.69, 9.17) is 0 Å². The van der Waals surface area contributed by atoms with Crippen molar-refractivity contribution in [3.63, 3.8) is 0 Å². The van der Waals surface area contributed by atoms with Crippen LogP contribution < -0.4 is 10.6 Å². The highest BCUT2D eigenvalue weighted by atomic mass is 32.2. The van der Waals surface area contributed by atoms with E-state index in [0.29, 0.717) is 17.8 Å². The van der Waals surface area contributed by atoms with Crippen molar-refractivity contribution in [2.75, 3.05) is 11.1 Å². The average molecular weight is 437 g/mol. The molecular formula is C24H24N2O4S. The third-order valence-electron chi connectivity index (χ3n) is 4.72. The lowest BCUT2D eigenvalue weighted by Gasteiger charge is -2.12. The van der Waals surface area contributed by atoms with Gasteiger partial charge in [0.05, 0.1) is 21.9 Å². The third kappa shape index (κ3) is 6.26. The Labute approximate surface area is 182 Å². The second-order valence-corrected chi connectivity index (χ2v) is 9.25. The number of benzene rings is 3. The van der Waals surface area contributed by atoms with Crippen molar-refractivity contribution in [3.8, 4) is 0 Å². The van der Waals surface area contributed by atoms with Crippen molar-refractivity contribution in [1.82, 2.24) is 5.32 Å². The van der Waals surface area contributed by atoms with Crippen LogP contribution in [0.2, 0.25) is 0 Å². The number of anilines is 1. The van der Waals surface area contributed by atoms with E-state index in [1.807, 2.05) is 31.2 Å². The van der Waals surface area contributed by atoms with Gasteiger partial charge >= 0.3 is 0 Å². The standard InChI is InChI=1S/C24H24N2O4S/c1-18-11-13-19(14-12-18)17-25-24(28)21-9-5-6-10-22(21)26-23(27)15-16-31(29,30)20-7-3-2-4-8-20/h2-14H,15-17H2,1H3,(H,25,28)(H,26,27). The maximum atomic E-state index is 12.6. The summed E-state index contributed by atoms with van der Waals surface area (Å²) in [7, 11) is -3.56. The quantitative estimate of drug-likeness (QED) is 0.563. The summed E-state index contributed by atoms with van der Waals surface area (Å²) >= 11 is 0. The van der Waals surface area contributed by atoms with E-state index in [9.17, 15) is 18.0 Å². The molecule has 0 radical (unpaired) electrons. The smallest absolute Gasteiger partial charge is 0.253 e. The number of amides is 2. The Kier molecular flexibility index (Phi) is 7.20. The predicted octanol–water partition coefficient (Wildman–Crippen LogP) is 3.73. The number of hydrogen-bond donors (Lipinski definition) is 2. The van der Waals surface area contributed by atoms with Gasteiger partial charge in [-0.25, -0.2) is 8.42 Å². The van der Waals surface area contributed by atoms with E-state index < -0.39 is 15.7 Å². The van der Waals surface area contributed by atoms with Crippen LogP contribution in [0.4, 0.5) is 5.69 Å². The van der Waals surface area contributed by atoms with Crippen molar-refractivity contribution in [3.05, 3.63) is 95.6 Å². The summed E-state index contributed by atoms with van der Waals surface area (Å²) in [6.07, 6.45) is -0.212. The fraction of sp³-hybridized carbons (Fsp3) is 0.167. The minimum Gasteiger partial charge on any atom is -0.348 e. The van der Waals surface area contributed by atoms with Gasteiger partial charge in [-0.05, 0) is 36.8 Å². The number of nitrogens with one attached hydrogen (secondary N) is 2. The summed E-state index contributed by atoms with van der Waals surface area (Å²) in [5.74, 6) is -1.11. The summed E-state index contributed by atoms with van der Waals surface area (Å²) in [4.78, 5) is 25.2. The minimum atomic E-state index is -3.56. The molecule has 7 heteroatoms. The molecule has 3 aromatic carbocycles. The van der Waals surface area contributed by atoms with Gasteiger partial charge in [0.25, 0.3) is 5.91 Å². The van der Waals surface area contributed by atoms with E-state index in [-0.39, 0.29) is 23.0 Å². The van der Waals surface area contributed by atoms with Gasteiger partial charge in [-0.1, -0.05) is 60.2 Å². The molecule has 0 atom stereocenters. The van der Waals surface area contributed by atoms with Crippen LogP contribution in [-0.2, 0) is 21.2 Å². The topological polar surface area (TPSA) is 92.3 Å². The summed E-state index contributed by atoms with van der Waals surface area (Å²) in [5, 5.41) is 5.50. The van der Waals surface area contributed by atoms with Crippen LogP contribution in [0, 0.1) is 6.92 Å². The molecule has 2 N–H and O–H groups in total. The summed E-state index contributed by atoms with van der Waals surface area (Å²) in [6.45, 7) is 2.35. The third-order valence-corrected chi connectivity index (χ3v) is 6.45. The molecular weight excluding hydrogens is 412 g/mol. The molecule has 0 heterocycles. The first-order chi connectivity index (χ1) is 14.8. The lowest BCUT2D eigenvalue weighted by atomic mass is 10.1. The van der Waals surface area contributed by atoms with Gasteiger partial charge in [0.2, 0.25) is 5.91 Å². The number of hydrogen-bond acceptors (Lipinski definition) is 4. The van der Waals surface area contributed by atoms with Gasteiger partial charge in [-0.3, -0.25) is 9.59 Å². The largest absolute Gasteiger partial charge is 0.348 e. The molecule has 0 fully saturated rings. The molecule has 160 valence electrons. The molecule has 6 nitrogen and oxygen atoms in total. The first-order valence-corrected chi connectivity index (χ1v) is 11.5. The van der Waals surface area contributed by atoms with Crippen LogP contribution in [0.25, 0.3) is 0 Å². The number of aryl methyl sites for hydroxylation is 1. The Hall–Kier alpha value is -3.45. The van der Waals surface area contributed by atoms with Crippen molar-refractivity contribution < 1.29 is 18.0 Å². The fourth-order valence-corrected chi connectivity index (χ4v) is 4.22. The van der Waals surface area contributed by atoms with Crippen LogP contribution in [0.1, 0.15) is 27.9 Å². The average Bonchev–Trinajstić information content (AvgIpc) is 2.78. The summed E-state index contributed by atoms with van der Waals surface area (Å²) in [6, 6.07) is 22.5. The molecule has 0 aliphatic heterocycles. The van der Waals surface area contributed by atoms with Gasteiger partial charge in [0.15, 0.2) is 9.84 Å². The lowest BCUT2D eigenvalue weighted by molar-refractivity contribution is -0.115. The lowest BCUT2D eigenvalue weighted by Crippen LogP contribution is -2.25. The van der Waals surface area contributed by atoms with Crippen LogP contribution in [0.3, 0.4) is 0 Å². The molecule has 0 bridgehead atoms. The van der Waals surface area contributed by atoms with E-state index in [1.54, 1.807) is 42.5 Å². The molecule has 0 saturated carbocycles. The minimum absolute atomic E-state index is 0.179. The molecule has 3 rings (SSSR count). The normalized spacial score (nSPS) is 11.0.